The van der Waals surface area contributed by atoms with E-state index < -0.39 is 22.0 Å². The Labute approximate surface area is 240 Å². The zero-order chi connectivity index (χ0) is 28.1. The van der Waals surface area contributed by atoms with Gasteiger partial charge in [0.15, 0.2) is 11.5 Å². The number of thioether (sulfide) groups is 1. The van der Waals surface area contributed by atoms with E-state index in [-0.39, 0.29) is 29.3 Å². The van der Waals surface area contributed by atoms with E-state index >= 15 is 0 Å². The first-order chi connectivity index (χ1) is 18.7. The predicted molar refractivity (Wildman–Crippen MR) is 153 cm³/mol. The van der Waals surface area contributed by atoms with E-state index in [1.807, 2.05) is 6.92 Å². The molecule has 0 spiro atoms. The van der Waals surface area contributed by atoms with Gasteiger partial charge in [0.2, 0.25) is 0 Å². The summed E-state index contributed by atoms with van der Waals surface area (Å²) in [5.41, 5.74) is 1.80. The molecule has 1 aliphatic heterocycles. The maximum atomic E-state index is 13.0. The van der Waals surface area contributed by atoms with Gasteiger partial charge in [-0.3, -0.25) is 24.6 Å². The van der Waals surface area contributed by atoms with Crippen LogP contribution in [-0.4, -0.2) is 38.7 Å². The Hall–Kier alpha value is -3.91. The molecule has 0 saturated carbocycles. The van der Waals surface area contributed by atoms with Crippen LogP contribution in [0.1, 0.15) is 34.0 Å². The Bertz CT molecular complexity index is 1510. The van der Waals surface area contributed by atoms with Gasteiger partial charge in [0, 0.05) is 12.1 Å². The highest BCUT2D eigenvalue weighted by atomic mass is 127. The fourth-order valence-corrected chi connectivity index (χ4v) is 5.38. The van der Waals surface area contributed by atoms with Crippen LogP contribution in [0.15, 0.2) is 65.6 Å². The number of benzene rings is 3. The summed E-state index contributed by atoms with van der Waals surface area (Å²) in [5, 5.41) is 19.8. The molecule has 1 heterocycles. The maximum absolute atomic E-state index is 13.0. The summed E-state index contributed by atoms with van der Waals surface area (Å²) in [6.07, 6.45) is 1.59. The molecule has 2 amide bonds. The van der Waals surface area contributed by atoms with Crippen LogP contribution in [0.5, 0.6) is 11.5 Å². The number of hydrogen-bond donors (Lipinski definition) is 1. The van der Waals surface area contributed by atoms with Gasteiger partial charge in [-0.2, -0.15) is 0 Å². The van der Waals surface area contributed by atoms with Gasteiger partial charge in [-0.25, -0.2) is 4.79 Å². The number of carbonyl (C=O) groups is 3. The van der Waals surface area contributed by atoms with Crippen molar-refractivity contribution in [3.8, 4) is 11.5 Å². The second kappa shape index (κ2) is 12.3. The Morgan fingerprint density at radius 1 is 1.10 bits per heavy atom. The number of non-ortho nitro benzene ring substituents is 1. The predicted octanol–water partition coefficient (Wildman–Crippen LogP) is 6.11. The number of nitro groups is 1. The van der Waals surface area contributed by atoms with E-state index in [4.69, 9.17) is 9.47 Å². The van der Waals surface area contributed by atoms with E-state index in [9.17, 15) is 29.6 Å². The molecule has 1 N–H and O–H groups in total. The average molecular weight is 660 g/mol. The lowest BCUT2D eigenvalue weighted by Gasteiger charge is -2.15. The summed E-state index contributed by atoms with van der Waals surface area (Å²) < 4.78 is 12.5. The van der Waals surface area contributed by atoms with Crippen LogP contribution in [0.4, 0.5) is 10.5 Å². The van der Waals surface area contributed by atoms with Gasteiger partial charge in [-0.1, -0.05) is 24.3 Å². The smallest absolute Gasteiger partial charge is 0.335 e. The molecule has 3 aromatic rings. The number of halogens is 1. The van der Waals surface area contributed by atoms with E-state index in [1.165, 1.54) is 30.3 Å². The lowest BCUT2D eigenvalue weighted by Crippen LogP contribution is -2.27. The lowest BCUT2D eigenvalue weighted by atomic mass is 10.1. The van der Waals surface area contributed by atoms with Crippen molar-refractivity contribution in [1.82, 2.24) is 4.90 Å². The number of rotatable bonds is 10. The number of carboxylic acids is 1. The minimum atomic E-state index is -1.03. The van der Waals surface area contributed by atoms with E-state index in [0.717, 1.165) is 16.7 Å². The standard InChI is InChI=1S/C27H21IN2O8S/c1-2-37-22-12-18(11-21(28)24(22)38-15-17-6-3-7-19(9-17)26(32)33)13-23-25(31)29(27(34)39-23)14-16-5-4-8-20(10-16)30(35)36/h3-13H,2,14-15H2,1H3,(H,32,33)/b23-13+. The van der Waals surface area contributed by atoms with Crippen LogP contribution >= 0.6 is 34.4 Å². The summed E-state index contributed by atoms with van der Waals surface area (Å²) in [4.78, 5) is 48.7. The van der Waals surface area contributed by atoms with Crippen molar-refractivity contribution < 1.29 is 33.9 Å². The van der Waals surface area contributed by atoms with Crippen molar-refractivity contribution in [2.75, 3.05) is 6.61 Å². The fourth-order valence-electron chi connectivity index (χ4n) is 3.76. The second-order valence-corrected chi connectivity index (χ2v) is 10.4. The van der Waals surface area contributed by atoms with Crippen LogP contribution in [-0.2, 0) is 17.9 Å². The summed E-state index contributed by atoms with van der Waals surface area (Å²) >= 11 is 2.87. The number of imide groups is 1. The number of carboxylic acid groups (broad SMARTS) is 1. The van der Waals surface area contributed by atoms with Crippen LogP contribution in [0.2, 0.25) is 0 Å². The Morgan fingerprint density at radius 2 is 1.85 bits per heavy atom. The van der Waals surface area contributed by atoms with Crippen molar-refractivity contribution in [1.29, 1.82) is 0 Å². The van der Waals surface area contributed by atoms with Gasteiger partial charge >= 0.3 is 5.97 Å². The number of hydrogen-bond acceptors (Lipinski definition) is 8. The Balaban J connectivity index is 1.55. The van der Waals surface area contributed by atoms with Crippen LogP contribution < -0.4 is 9.47 Å². The molecule has 0 aliphatic carbocycles. The first kappa shape index (κ1) is 28.1. The minimum Gasteiger partial charge on any atom is -0.490 e. The molecule has 0 aromatic heterocycles. The van der Waals surface area contributed by atoms with Gasteiger partial charge in [-0.05, 0) is 88.3 Å². The lowest BCUT2D eigenvalue weighted by molar-refractivity contribution is -0.384. The number of ether oxygens (including phenoxy) is 2. The van der Waals surface area contributed by atoms with Crippen molar-refractivity contribution in [2.45, 2.75) is 20.1 Å². The highest BCUT2D eigenvalue weighted by Crippen LogP contribution is 2.38. The zero-order valence-corrected chi connectivity index (χ0v) is 23.4. The molecule has 4 rings (SSSR count). The quantitative estimate of drug-likeness (QED) is 0.118. The molecule has 1 saturated heterocycles. The first-order valence-electron chi connectivity index (χ1n) is 11.6. The minimum absolute atomic E-state index is 0.0821. The monoisotopic (exact) mass is 660 g/mol. The number of nitrogens with zero attached hydrogens (tertiary/aromatic N) is 2. The molecule has 0 radical (unpaired) electrons. The zero-order valence-electron chi connectivity index (χ0n) is 20.5. The molecule has 3 aromatic carbocycles. The third kappa shape index (κ3) is 6.75. The number of amides is 2. The summed E-state index contributed by atoms with van der Waals surface area (Å²) in [6.45, 7) is 2.21. The molecule has 1 aliphatic rings. The van der Waals surface area contributed by atoms with Gasteiger partial charge in [0.25, 0.3) is 16.8 Å². The van der Waals surface area contributed by atoms with E-state index in [1.54, 1.807) is 36.4 Å². The van der Waals surface area contributed by atoms with Crippen LogP contribution in [0.3, 0.4) is 0 Å². The third-order valence-electron chi connectivity index (χ3n) is 5.52. The maximum Gasteiger partial charge on any atom is 0.335 e. The SMILES string of the molecule is CCOc1cc(/C=C2/SC(=O)N(Cc3cccc([N+](=O)[O-])c3)C2=O)cc(I)c1OCc1cccc(C(=O)O)c1. The van der Waals surface area contributed by atoms with Gasteiger partial charge in [0.1, 0.15) is 6.61 Å². The second-order valence-electron chi connectivity index (χ2n) is 8.25. The molecule has 0 atom stereocenters. The van der Waals surface area contributed by atoms with E-state index in [2.05, 4.69) is 22.6 Å². The van der Waals surface area contributed by atoms with Crippen molar-refractivity contribution in [3.05, 3.63) is 102 Å². The van der Waals surface area contributed by atoms with Gasteiger partial charge in [0.05, 0.1) is 32.1 Å². The molecule has 0 bridgehead atoms. The third-order valence-corrected chi connectivity index (χ3v) is 7.23. The highest BCUT2D eigenvalue weighted by Gasteiger charge is 2.35. The number of nitro benzene ring substituents is 1. The molecule has 39 heavy (non-hydrogen) atoms. The normalized spacial score (nSPS) is 14.1. The summed E-state index contributed by atoms with van der Waals surface area (Å²) in [5.74, 6) is -0.627. The molecule has 200 valence electrons. The average Bonchev–Trinajstić information content (AvgIpc) is 3.16. The van der Waals surface area contributed by atoms with Crippen LogP contribution in [0.25, 0.3) is 6.08 Å². The summed E-state index contributed by atoms with van der Waals surface area (Å²) in [6, 6.07) is 15.7. The number of aromatic carboxylic acids is 1. The molecule has 12 heteroatoms. The fraction of sp³-hybridized carbons (Fsp3) is 0.148. The van der Waals surface area contributed by atoms with Gasteiger partial charge in [-0.15, -0.1) is 0 Å². The first-order valence-corrected chi connectivity index (χ1v) is 13.5. The topological polar surface area (TPSA) is 136 Å². The largest absolute Gasteiger partial charge is 0.490 e. The molecule has 1 fully saturated rings. The number of carbonyl (C=O) groups excluding carboxylic acids is 2. The Kier molecular flexibility index (Phi) is 8.86. The van der Waals surface area contributed by atoms with Gasteiger partial charge < -0.3 is 14.6 Å². The van der Waals surface area contributed by atoms with Crippen LogP contribution in [0, 0.1) is 13.7 Å². The molecule has 10 nitrogen and oxygen atoms in total. The van der Waals surface area contributed by atoms with E-state index in [0.29, 0.717) is 38.4 Å². The van der Waals surface area contributed by atoms with Crippen molar-refractivity contribution in [2.24, 2.45) is 0 Å². The van der Waals surface area contributed by atoms with Crippen molar-refractivity contribution >= 4 is 63.2 Å². The molecular formula is C27H21IN2O8S. The Morgan fingerprint density at radius 3 is 2.56 bits per heavy atom. The molecular weight excluding hydrogens is 639 g/mol. The highest BCUT2D eigenvalue weighted by molar-refractivity contribution is 14.1. The summed E-state index contributed by atoms with van der Waals surface area (Å²) in [7, 11) is 0. The molecule has 0 unspecified atom stereocenters. The van der Waals surface area contributed by atoms with Crippen molar-refractivity contribution in [3.63, 3.8) is 0 Å².